The Balaban J connectivity index is 4.51. The van der Waals surface area contributed by atoms with Crippen LogP contribution in [0.2, 0.25) is 0 Å². The van der Waals surface area contributed by atoms with Crippen molar-refractivity contribution < 1.29 is 9.53 Å². The Morgan fingerprint density at radius 3 is 2.58 bits per heavy atom. The molecule has 0 aliphatic carbocycles. The van der Waals surface area contributed by atoms with Crippen LogP contribution in [0.3, 0.4) is 0 Å². The third-order valence-corrected chi connectivity index (χ3v) is 2.23. The van der Waals surface area contributed by atoms with E-state index in [2.05, 4.69) is 22.2 Å². The van der Waals surface area contributed by atoms with Gasteiger partial charge in [-0.05, 0) is 13.8 Å². The maximum absolute atomic E-state index is 11.5. The molecular formula is C13H26N4O2. The van der Waals surface area contributed by atoms with E-state index in [0.29, 0.717) is 19.1 Å². The predicted octanol–water partition coefficient (Wildman–Crippen LogP) is 0.221. The lowest BCUT2D eigenvalue weighted by Gasteiger charge is -2.18. The summed E-state index contributed by atoms with van der Waals surface area (Å²) >= 11 is 0. The minimum atomic E-state index is -0.0455. The highest BCUT2D eigenvalue weighted by Gasteiger charge is 2.07. The summed E-state index contributed by atoms with van der Waals surface area (Å²) in [6.07, 6.45) is 0. The number of likely N-dealkylation sites (N-methyl/N-ethyl adjacent to an activating group) is 1. The predicted molar refractivity (Wildman–Crippen MR) is 78.3 cm³/mol. The standard InChI is InChI=1S/C13H26N4O2/c1-10(2)7-14-13(16-11(3)9-19-6)15-8-12(18)17(4)5/h11H,1,7-9H2,2-6H3,(H2,14,15,16). The van der Waals surface area contributed by atoms with Gasteiger partial charge in [-0.15, -0.1) is 0 Å². The molecule has 6 heteroatoms. The van der Waals surface area contributed by atoms with Crippen molar-refractivity contribution in [2.75, 3.05) is 40.9 Å². The van der Waals surface area contributed by atoms with Gasteiger partial charge in [-0.1, -0.05) is 12.2 Å². The van der Waals surface area contributed by atoms with Gasteiger partial charge in [-0.3, -0.25) is 4.79 Å². The number of methoxy groups -OCH3 is 1. The highest BCUT2D eigenvalue weighted by atomic mass is 16.5. The zero-order valence-corrected chi connectivity index (χ0v) is 12.6. The monoisotopic (exact) mass is 270 g/mol. The van der Waals surface area contributed by atoms with E-state index in [1.807, 2.05) is 13.8 Å². The molecule has 0 radical (unpaired) electrons. The molecule has 1 atom stereocenters. The van der Waals surface area contributed by atoms with Crippen molar-refractivity contribution in [2.24, 2.45) is 4.99 Å². The summed E-state index contributed by atoms with van der Waals surface area (Å²) in [5.41, 5.74) is 0.993. The zero-order valence-electron chi connectivity index (χ0n) is 12.6. The van der Waals surface area contributed by atoms with Gasteiger partial charge in [-0.25, -0.2) is 4.99 Å². The Morgan fingerprint density at radius 2 is 2.11 bits per heavy atom. The number of guanidine groups is 1. The lowest BCUT2D eigenvalue weighted by atomic mass is 10.3. The van der Waals surface area contributed by atoms with E-state index >= 15 is 0 Å². The van der Waals surface area contributed by atoms with Crippen molar-refractivity contribution in [2.45, 2.75) is 19.9 Å². The molecule has 6 nitrogen and oxygen atoms in total. The summed E-state index contributed by atoms with van der Waals surface area (Å²) in [7, 11) is 5.06. The summed E-state index contributed by atoms with van der Waals surface area (Å²) in [6, 6.07) is 0.107. The number of carbonyl (C=O) groups excluding carboxylic acids is 1. The number of nitrogens with zero attached hydrogens (tertiary/aromatic N) is 2. The number of carbonyl (C=O) groups is 1. The minimum Gasteiger partial charge on any atom is -0.383 e. The van der Waals surface area contributed by atoms with Crippen LogP contribution >= 0.6 is 0 Å². The molecule has 0 aromatic rings. The van der Waals surface area contributed by atoms with Crippen molar-refractivity contribution in [3.63, 3.8) is 0 Å². The van der Waals surface area contributed by atoms with Gasteiger partial charge in [0.25, 0.3) is 0 Å². The Bertz CT molecular complexity index is 327. The number of aliphatic imine (C=N–C) groups is 1. The van der Waals surface area contributed by atoms with Crippen LogP contribution in [0.5, 0.6) is 0 Å². The topological polar surface area (TPSA) is 66.0 Å². The number of nitrogens with one attached hydrogen (secondary N) is 2. The second-order valence-electron chi connectivity index (χ2n) is 4.76. The van der Waals surface area contributed by atoms with Gasteiger partial charge < -0.3 is 20.3 Å². The maximum Gasteiger partial charge on any atom is 0.243 e. The third kappa shape index (κ3) is 9.07. The van der Waals surface area contributed by atoms with Crippen LogP contribution in [-0.4, -0.2) is 63.7 Å². The number of ether oxygens (including phenoxy) is 1. The normalized spacial score (nSPS) is 12.8. The fraction of sp³-hybridized carbons (Fsp3) is 0.692. The molecule has 0 saturated carbocycles. The third-order valence-electron chi connectivity index (χ3n) is 2.23. The average Bonchev–Trinajstić information content (AvgIpc) is 2.32. The highest BCUT2D eigenvalue weighted by Crippen LogP contribution is 1.88. The van der Waals surface area contributed by atoms with Gasteiger partial charge in [0.15, 0.2) is 5.96 Å². The maximum atomic E-state index is 11.5. The quantitative estimate of drug-likeness (QED) is 0.395. The van der Waals surface area contributed by atoms with Gasteiger partial charge in [-0.2, -0.15) is 0 Å². The first-order valence-electron chi connectivity index (χ1n) is 6.25. The lowest BCUT2D eigenvalue weighted by molar-refractivity contribution is -0.127. The van der Waals surface area contributed by atoms with Crippen LogP contribution < -0.4 is 10.6 Å². The largest absolute Gasteiger partial charge is 0.383 e. The first-order valence-corrected chi connectivity index (χ1v) is 6.25. The molecular weight excluding hydrogens is 244 g/mol. The highest BCUT2D eigenvalue weighted by molar-refractivity contribution is 5.85. The molecule has 0 aromatic carbocycles. The van der Waals surface area contributed by atoms with Crippen LogP contribution in [-0.2, 0) is 9.53 Å². The second kappa shape index (κ2) is 9.38. The molecule has 19 heavy (non-hydrogen) atoms. The first-order chi connectivity index (χ1) is 8.86. The number of rotatable bonds is 7. The average molecular weight is 270 g/mol. The fourth-order valence-electron chi connectivity index (χ4n) is 1.20. The van der Waals surface area contributed by atoms with E-state index in [4.69, 9.17) is 4.74 Å². The minimum absolute atomic E-state index is 0.0455. The summed E-state index contributed by atoms with van der Waals surface area (Å²) in [4.78, 5) is 17.3. The van der Waals surface area contributed by atoms with E-state index in [1.54, 1.807) is 21.2 Å². The van der Waals surface area contributed by atoms with Gasteiger partial charge in [0.05, 0.1) is 6.61 Å². The number of hydrogen-bond acceptors (Lipinski definition) is 3. The molecule has 0 rings (SSSR count). The van der Waals surface area contributed by atoms with Gasteiger partial charge >= 0.3 is 0 Å². The number of amides is 1. The van der Waals surface area contributed by atoms with Crippen LogP contribution in [0, 0.1) is 0 Å². The molecule has 0 fully saturated rings. The molecule has 1 unspecified atom stereocenters. The molecule has 0 aliphatic rings. The van der Waals surface area contributed by atoms with Crippen LogP contribution in [0.25, 0.3) is 0 Å². The summed E-state index contributed by atoms with van der Waals surface area (Å²) < 4.78 is 5.06. The molecule has 110 valence electrons. The Kier molecular flexibility index (Phi) is 8.61. The van der Waals surface area contributed by atoms with Gasteiger partial charge in [0.1, 0.15) is 6.54 Å². The Labute approximate surface area is 115 Å². The summed E-state index contributed by atoms with van der Waals surface area (Å²) in [5.74, 6) is 0.540. The molecule has 0 heterocycles. The van der Waals surface area contributed by atoms with E-state index in [9.17, 15) is 4.79 Å². The van der Waals surface area contributed by atoms with Crippen LogP contribution in [0.4, 0.5) is 0 Å². The molecule has 2 N–H and O–H groups in total. The fourth-order valence-corrected chi connectivity index (χ4v) is 1.20. The van der Waals surface area contributed by atoms with Crippen molar-refractivity contribution in [3.05, 3.63) is 12.2 Å². The molecule has 0 bridgehead atoms. The van der Waals surface area contributed by atoms with E-state index in [0.717, 1.165) is 5.57 Å². The van der Waals surface area contributed by atoms with E-state index in [1.165, 1.54) is 4.90 Å². The zero-order chi connectivity index (χ0) is 14.8. The molecule has 0 spiro atoms. The first kappa shape index (κ1) is 17.4. The van der Waals surface area contributed by atoms with E-state index < -0.39 is 0 Å². The van der Waals surface area contributed by atoms with Crippen LogP contribution in [0.1, 0.15) is 13.8 Å². The van der Waals surface area contributed by atoms with Crippen molar-refractivity contribution in [1.29, 1.82) is 0 Å². The van der Waals surface area contributed by atoms with Crippen molar-refractivity contribution in [1.82, 2.24) is 15.5 Å². The summed E-state index contributed by atoms with van der Waals surface area (Å²) in [6.45, 7) is 9.01. The van der Waals surface area contributed by atoms with E-state index in [-0.39, 0.29) is 18.5 Å². The molecule has 0 saturated heterocycles. The molecule has 0 aromatic heterocycles. The van der Waals surface area contributed by atoms with Crippen molar-refractivity contribution >= 4 is 11.9 Å². The summed E-state index contributed by atoms with van der Waals surface area (Å²) in [5, 5.41) is 6.29. The van der Waals surface area contributed by atoms with Crippen LogP contribution in [0.15, 0.2) is 17.1 Å². The smallest absolute Gasteiger partial charge is 0.243 e. The molecule has 0 aliphatic heterocycles. The SMILES string of the molecule is C=C(C)CNC(=NCC(=O)N(C)C)NC(C)COC. The Hall–Kier alpha value is -1.56. The lowest BCUT2D eigenvalue weighted by Crippen LogP contribution is -2.45. The van der Waals surface area contributed by atoms with Crippen molar-refractivity contribution in [3.8, 4) is 0 Å². The molecule has 1 amide bonds. The Morgan fingerprint density at radius 1 is 1.47 bits per heavy atom. The van der Waals surface area contributed by atoms with Gasteiger partial charge in [0.2, 0.25) is 5.91 Å². The second-order valence-corrected chi connectivity index (χ2v) is 4.76. The number of hydrogen-bond donors (Lipinski definition) is 2. The van der Waals surface area contributed by atoms with Gasteiger partial charge in [0, 0.05) is 33.8 Å².